The molecule has 3 aliphatic heterocycles. The lowest BCUT2D eigenvalue weighted by Crippen LogP contribution is -2.41. The summed E-state index contributed by atoms with van der Waals surface area (Å²) in [4.78, 5) is 36.8. The molecule has 16 heteroatoms. The molecule has 0 spiro atoms. The fourth-order valence-corrected chi connectivity index (χ4v) is 8.39. The van der Waals surface area contributed by atoms with Crippen LogP contribution in [0.1, 0.15) is 84.1 Å². The second kappa shape index (κ2) is 11.7. The first-order valence-corrected chi connectivity index (χ1v) is 16.4. The van der Waals surface area contributed by atoms with Gasteiger partial charge in [0.2, 0.25) is 0 Å². The zero-order valence-corrected chi connectivity index (χ0v) is 24.2. The van der Waals surface area contributed by atoms with E-state index in [-0.39, 0.29) is 64.0 Å². The lowest BCUT2D eigenvalue weighted by molar-refractivity contribution is -0.142. The number of carbonyl (C=O) groups excluding carboxylic acids is 2. The molecule has 2 amide bonds. The van der Waals surface area contributed by atoms with Crippen LogP contribution in [0.15, 0.2) is 12.3 Å². The van der Waals surface area contributed by atoms with Crippen molar-refractivity contribution in [3.8, 4) is 10.4 Å². The molecule has 230 valence electrons. The van der Waals surface area contributed by atoms with Crippen molar-refractivity contribution in [2.75, 3.05) is 16.8 Å². The van der Waals surface area contributed by atoms with Crippen molar-refractivity contribution < 1.29 is 40.0 Å². The van der Waals surface area contributed by atoms with Crippen molar-refractivity contribution in [1.82, 2.24) is 20.2 Å². The second-order valence-corrected chi connectivity index (χ2v) is 14.2. The smallest absolute Gasteiger partial charge is 0.359 e. The van der Waals surface area contributed by atoms with Gasteiger partial charge in [-0.25, -0.2) is 27.2 Å². The minimum atomic E-state index is -4.63. The van der Waals surface area contributed by atoms with Gasteiger partial charge in [-0.2, -0.15) is 13.2 Å². The van der Waals surface area contributed by atoms with Crippen molar-refractivity contribution in [3.05, 3.63) is 28.5 Å². The Morgan fingerprint density at radius 3 is 2.26 bits per heavy atom. The maximum atomic E-state index is 14.3. The molecular weight excluding hydrogens is 605 g/mol. The molecule has 9 nitrogen and oxygen atoms in total. The summed E-state index contributed by atoms with van der Waals surface area (Å²) in [6, 6.07) is -1.66. The Morgan fingerprint density at radius 1 is 1.10 bits per heavy atom. The third kappa shape index (κ3) is 6.24. The van der Waals surface area contributed by atoms with Gasteiger partial charge in [0.15, 0.2) is 5.01 Å². The molecule has 0 radical (unpaired) electrons. The van der Waals surface area contributed by atoms with E-state index in [4.69, 9.17) is 0 Å². The SMILES string of the molecule is CC[C@H](Nc1cc(C(F)F)c(-c2sc(C(=O)NC3CCS(=O)(=O)CC3)nc2C(=O)N2[C@H]3CC[C@@H]2CC3)cn1)C(F)(F)F. The molecular formula is C26H30F5N5O4S2. The monoisotopic (exact) mass is 635 g/mol. The molecule has 0 aliphatic carbocycles. The van der Waals surface area contributed by atoms with Gasteiger partial charge in [0.05, 0.1) is 16.4 Å². The number of sulfone groups is 1. The number of hydrogen-bond acceptors (Lipinski definition) is 8. The van der Waals surface area contributed by atoms with Crippen molar-refractivity contribution in [1.29, 1.82) is 0 Å². The quantitative estimate of drug-likeness (QED) is 0.393. The van der Waals surface area contributed by atoms with Crippen molar-refractivity contribution >= 4 is 38.8 Å². The van der Waals surface area contributed by atoms with Crippen LogP contribution in [0.3, 0.4) is 0 Å². The van der Waals surface area contributed by atoms with Crippen molar-refractivity contribution in [2.24, 2.45) is 0 Å². The number of nitrogens with one attached hydrogen (secondary N) is 2. The first kappa shape index (κ1) is 30.6. The molecule has 0 saturated carbocycles. The van der Waals surface area contributed by atoms with Gasteiger partial charge in [0.25, 0.3) is 18.2 Å². The molecule has 5 rings (SSSR count). The molecule has 3 aliphatic rings. The highest BCUT2D eigenvalue weighted by atomic mass is 32.2. The van der Waals surface area contributed by atoms with E-state index in [0.717, 1.165) is 37.9 Å². The minimum Gasteiger partial charge on any atom is -0.359 e. The number of anilines is 1. The Kier molecular flexibility index (Phi) is 8.49. The van der Waals surface area contributed by atoms with E-state index in [0.29, 0.717) is 11.3 Å². The number of fused-ring (bicyclic) bond motifs is 2. The van der Waals surface area contributed by atoms with E-state index < -0.39 is 57.7 Å². The number of hydrogen-bond donors (Lipinski definition) is 2. The third-order valence-electron chi connectivity index (χ3n) is 8.14. The Morgan fingerprint density at radius 2 is 1.71 bits per heavy atom. The van der Waals surface area contributed by atoms with Crippen LogP contribution >= 0.6 is 11.3 Å². The molecule has 2 aromatic heterocycles. The van der Waals surface area contributed by atoms with Crippen LogP contribution in [0.25, 0.3) is 10.4 Å². The standard InChI is InChI=1S/C26H30F5N5O4S2/c1-2-18(26(29,30)31)34-19-11-16(22(27)28)17(12-32-19)21-20(25(38)36-14-3-4-15(36)6-5-14)35-24(41-21)23(37)33-13-7-9-42(39,40)10-8-13/h11-15,18,22H,2-10H2,1H3,(H,32,34)(H,33,37)/t14-,15+,18-/m0/s1. The number of aromatic nitrogens is 2. The van der Waals surface area contributed by atoms with Gasteiger partial charge in [-0.1, -0.05) is 6.92 Å². The summed E-state index contributed by atoms with van der Waals surface area (Å²) in [5.74, 6) is -1.74. The normalized spacial score (nSPS) is 22.9. The molecule has 5 heterocycles. The van der Waals surface area contributed by atoms with E-state index in [9.17, 15) is 40.0 Å². The Bertz CT molecular complexity index is 1430. The van der Waals surface area contributed by atoms with Gasteiger partial charge < -0.3 is 15.5 Å². The van der Waals surface area contributed by atoms with Crippen LogP contribution in [-0.2, 0) is 9.84 Å². The maximum Gasteiger partial charge on any atom is 0.408 e. The van der Waals surface area contributed by atoms with Crippen LogP contribution in [0.2, 0.25) is 0 Å². The van der Waals surface area contributed by atoms with Gasteiger partial charge >= 0.3 is 6.18 Å². The van der Waals surface area contributed by atoms with E-state index in [2.05, 4.69) is 20.6 Å². The maximum absolute atomic E-state index is 14.3. The molecule has 3 fully saturated rings. The predicted molar refractivity (Wildman–Crippen MR) is 145 cm³/mol. The molecule has 3 saturated heterocycles. The molecule has 2 bridgehead atoms. The molecule has 1 atom stereocenters. The van der Waals surface area contributed by atoms with Crippen LogP contribution in [0.4, 0.5) is 27.8 Å². The lowest BCUT2D eigenvalue weighted by Gasteiger charge is -2.22. The highest BCUT2D eigenvalue weighted by molar-refractivity contribution is 7.91. The molecule has 2 N–H and O–H groups in total. The largest absolute Gasteiger partial charge is 0.408 e. The fraction of sp³-hybridized carbons (Fsp3) is 0.615. The zero-order valence-electron chi connectivity index (χ0n) is 22.6. The van der Waals surface area contributed by atoms with Crippen LogP contribution in [-0.4, -0.2) is 76.9 Å². The summed E-state index contributed by atoms with van der Waals surface area (Å²) >= 11 is 0.717. The van der Waals surface area contributed by atoms with Crippen LogP contribution in [0, 0.1) is 0 Å². The van der Waals surface area contributed by atoms with Gasteiger partial charge in [0.1, 0.15) is 27.4 Å². The Labute approximate surface area is 243 Å². The van der Waals surface area contributed by atoms with E-state index in [1.807, 2.05) is 0 Å². The minimum absolute atomic E-state index is 0.0221. The number of halogens is 5. The van der Waals surface area contributed by atoms with Gasteiger partial charge in [-0.15, -0.1) is 11.3 Å². The first-order valence-electron chi connectivity index (χ1n) is 13.7. The summed E-state index contributed by atoms with van der Waals surface area (Å²) in [5.41, 5.74) is -1.05. The zero-order chi connectivity index (χ0) is 30.4. The summed E-state index contributed by atoms with van der Waals surface area (Å²) in [7, 11) is -3.17. The molecule has 0 unspecified atom stereocenters. The summed E-state index contributed by atoms with van der Waals surface area (Å²) in [5, 5.41) is 4.72. The number of alkyl halides is 5. The number of nitrogens with zero attached hydrogens (tertiary/aromatic N) is 3. The summed E-state index contributed by atoms with van der Waals surface area (Å²) < 4.78 is 92.1. The van der Waals surface area contributed by atoms with Crippen LogP contribution < -0.4 is 10.6 Å². The highest BCUT2D eigenvalue weighted by Gasteiger charge is 2.44. The number of rotatable bonds is 8. The summed E-state index contributed by atoms with van der Waals surface area (Å²) in [6.45, 7) is 1.30. The van der Waals surface area contributed by atoms with Crippen molar-refractivity contribution in [3.63, 3.8) is 0 Å². The fourth-order valence-electron chi connectivity index (χ4n) is 5.91. The molecule has 0 aromatic carbocycles. The van der Waals surface area contributed by atoms with Crippen molar-refractivity contribution in [2.45, 2.75) is 88.6 Å². The molecule has 42 heavy (non-hydrogen) atoms. The number of pyridine rings is 1. The summed E-state index contributed by atoms with van der Waals surface area (Å²) in [6.07, 6.45) is -3.52. The topological polar surface area (TPSA) is 121 Å². The van der Waals surface area contributed by atoms with E-state index in [1.165, 1.54) is 6.92 Å². The number of amides is 2. The Balaban J connectivity index is 1.51. The average molecular weight is 636 g/mol. The van der Waals surface area contributed by atoms with E-state index >= 15 is 0 Å². The average Bonchev–Trinajstić information content (AvgIpc) is 3.66. The van der Waals surface area contributed by atoms with Gasteiger partial charge in [-0.05, 0) is 51.0 Å². The third-order valence-corrected chi connectivity index (χ3v) is 10.9. The number of carbonyl (C=O) groups is 2. The Hall–Kier alpha value is -2.88. The lowest BCUT2D eigenvalue weighted by atomic mass is 10.0. The second-order valence-electron chi connectivity index (χ2n) is 10.9. The first-order chi connectivity index (χ1) is 19.8. The number of thiazole rings is 1. The predicted octanol–water partition coefficient (Wildman–Crippen LogP) is 4.97. The van der Waals surface area contributed by atoms with Gasteiger partial charge in [-0.3, -0.25) is 9.59 Å². The highest BCUT2D eigenvalue weighted by Crippen LogP contribution is 2.42. The van der Waals surface area contributed by atoms with Gasteiger partial charge in [0, 0.05) is 35.4 Å². The van der Waals surface area contributed by atoms with Crippen LogP contribution in [0.5, 0.6) is 0 Å². The molecule has 2 aromatic rings. The van der Waals surface area contributed by atoms with E-state index in [1.54, 1.807) is 4.90 Å².